The van der Waals surface area contributed by atoms with Crippen molar-refractivity contribution in [2.75, 3.05) is 0 Å². The second kappa shape index (κ2) is 5.90. The zero-order chi connectivity index (χ0) is 18.4. The highest BCUT2D eigenvalue weighted by Crippen LogP contribution is 2.27. The highest BCUT2D eigenvalue weighted by Gasteiger charge is 2.23. The highest BCUT2D eigenvalue weighted by molar-refractivity contribution is 7.89. The maximum Gasteiger partial charge on any atom is 0.424 e. The topological polar surface area (TPSA) is 95.3 Å². The molecule has 0 bridgehead atoms. The summed E-state index contributed by atoms with van der Waals surface area (Å²) in [6, 6.07) is 6.25. The molecule has 25 heavy (non-hydrogen) atoms. The molecule has 0 aliphatic carbocycles. The van der Waals surface area contributed by atoms with Gasteiger partial charge < -0.3 is 4.42 Å². The molecular weight excluding hydrogens is 361 g/mol. The van der Waals surface area contributed by atoms with Gasteiger partial charge in [0.2, 0.25) is 10.0 Å². The second-order valence-electron chi connectivity index (χ2n) is 5.02. The molecule has 1 aromatic heterocycles. The molecule has 6 nitrogen and oxygen atoms in total. The van der Waals surface area contributed by atoms with Crippen LogP contribution in [-0.2, 0) is 10.0 Å². The number of hydrogen-bond donors (Lipinski definition) is 1. The van der Waals surface area contributed by atoms with Crippen molar-refractivity contribution in [3.05, 3.63) is 70.7 Å². The molecule has 0 amide bonds. The molecule has 0 fully saturated rings. The summed E-state index contributed by atoms with van der Waals surface area (Å²) in [5.41, 5.74) is -0.239. The molecule has 130 valence electrons. The maximum absolute atomic E-state index is 14.0. The Morgan fingerprint density at radius 1 is 1.04 bits per heavy atom. The quantitative estimate of drug-likeness (QED) is 0.764. The average Bonchev–Trinajstić information content (AvgIpc) is 2.86. The standard InChI is InChI=1S/C15H9F3N2O4S/c16-9-2-1-3-10(6-9)20-13(7-24-15(20)21)8-4-11(17)14(12(18)5-8)25(19,22)23/h1-7H,(H2,19,22,23). The molecule has 1 heterocycles. The van der Waals surface area contributed by atoms with Gasteiger partial charge in [0.15, 0.2) is 4.90 Å². The van der Waals surface area contributed by atoms with Gasteiger partial charge in [0.25, 0.3) is 0 Å². The fourth-order valence-electron chi connectivity index (χ4n) is 2.35. The lowest BCUT2D eigenvalue weighted by Crippen LogP contribution is -2.17. The van der Waals surface area contributed by atoms with Gasteiger partial charge >= 0.3 is 5.76 Å². The molecular formula is C15H9F3N2O4S. The Morgan fingerprint density at radius 3 is 2.24 bits per heavy atom. The Hall–Kier alpha value is -2.85. The van der Waals surface area contributed by atoms with Gasteiger partial charge in [-0.2, -0.15) is 0 Å². The fraction of sp³-hybridized carbons (Fsp3) is 0. The lowest BCUT2D eigenvalue weighted by molar-refractivity contribution is 0.504. The predicted molar refractivity (Wildman–Crippen MR) is 81.0 cm³/mol. The third-order valence-electron chi connectivity index (χ3n) is 3.34. The number of nitrogens with two attached hydrogens (primary N) is 1. The molecule has 0 aliphatic rings. The van der Waals surface area contributed by atoms with Crippen LogP contribution in [0.3, 0.4) is 0 Å². The van der Waals surface area contributed by atoms with Crippen LogP contribution in [0, 0.1) is 17.5 Å². The van der Waals surface area contributed by atoms with Crippen molar-refractivity contribution >= 4 is 10.0 Å². The van der Waals surface area contributed by atoms with Crippen LogP contribution in [0.4, 0.5) is 13.2 Å². The minimum atomic E-state index is -4.62. The minimum Gasteiger partial charge on any atom is -0.415 e. The zero-order valence-corrected chi connectivity index (χ0v) is 13.1. The van der Waals surface area contributed by atoms with E-state index in [0.29, 0.717) is 12.1 Å². The lowest BCUT2D eigenvalue weighted by Gasteiger charge is -2.09. The van der Waals surface area contributed by atoms with Crippen molar-refractivity contribution in [1.82, 2.24) is 4.57 Å². The SMILES string of the molecule is NS(=O)(=O)c1c(F)cc(-c2coc(=O)n2-c2cccc(F)c2)cc1F. The van der Waals surface area contributed by atoms with E-state index in [1.165, 1.54) is 12.1 Å². The summed E-state index contributed by atoms with van der Waals surface area (Å²) >= 11 is 0. The van der Waals surface area contributed by atoms with Crippen molar-refractivity contribution in [3.63, 3.8) is 0 Å². The van der Waals surface area contributed by atoms with E-state index >= 15 is 0 Å². The number of benzene rings is 2. The summed E-state index contributed by atoms with van der Waals surface area (Å²) in [7, 11) is -4.62. The molecule has 0 aliphatic heterocycles. The van der Waals surface area contributed by atoms with Crippen LogP contribution in [0.25, 0.3) is 16.9 Å². The first-order valence-electron chi connectivity index (χ1n) is 6.67. The molecule has 3 rings (SSSR count). The van der Waals surface area contributed by atoms with E-state index in [1.54, 1.807) is 0 Å². The first kappa shape index (κ1) is 17.0. The number of primary sulfonamides is 1. The maximum atomic E-state index is 14.0. The van der Waals surface area contributed by atoms with Crippen molar-refractivity contribution in [2.45, 2.75) is 4.90 Å². The van der Waals surface area contributed by atoms with Crippen LogP contribution >= 0.6 is 0 Å². The number of rotatable bonds is 3. The van der Waals surface area contributed by atoms with Crippen molar-refractivity contribution in [2.24, 2.45) is 5.14 Å². The van der Waals surface area contributed by atoms with E-state index in [9.17, 15) is 26.4 Å². The average molecular weight is 370 g/mol. The summed E-state index contributed by atoms with van der Waals surface area (Å²) in [6.45, 7) is 0. The van der Waals surface area contributed by atoms with Gasteiger partial charge in [-0.3, -0.25) is 0 Å². The minimum absolute atomic E-state index is 0.0603. The summed E-state index contributed by atoms with van der Waals surface area (Å²) in [6.07, 6.45) is 0.915. The van der Waals surface area contributed by atoms with Crippen LogP contribution in [0.15, 0.2) is 56.8 Å². The molecule has 0 radical (unpaired) electrons. The first-order chi connectivity index (χ1) is 11.7. The number of halogens is 3. The lowest BCUT2D eigenvalue weighted by atomic mass is 10.1. The Kier molecular flexibility index (Phi) is 4.01. The van der Waals surface area contributed by atoms with E-state index in [0.717, 1.165) is 23.0 Å². The van der Waals surface area contributed by atoms with Gasteiger partial charge in [-0.1, -0.05) is 6.07 Å². The Labute approximate surface area is 139 Å². The molecule has 10 heteroatoms. The monoisotopic (exact) mass is 370 g/mol. The molecule has 2 aromatic carbocycles. The third-order valence-corrected chi connectivity index (χ3v) is 4.30. The number of nitrogens with zero attached hydrogens (tertiary/aromatic N) is 1. The number of sulfonamides is 1. The molecule has 0 spiro atoms. The molecule has 2 N–H and O–H groups in total. The molecule has 0 saturated heterocycles. The van der Waals surface area contributed by atoms with Crippen LogP contribution < -0.4 is 10.9 Å². The normalized spacial score (nSPS) is 11.7. The van der Waals surface area contributed by atoms with Gasteiger partial charge in [0.05, 0.1) is 11.4 Å². The fourth-order valence-corrected chi connectivity index (χ4v) is 3.01. The largest absolute Gasteiger partial charge is 0.424 e. The van der Waals surface area contributed by atoms with E-state index in [1.807, 2.05) is 0 Å². The third kappa shape index (κ3) is 3.08. The summed E-state index contributed by atoms with van der Waals surface area (Å²) < 4.78 is 69.5. The van der Waals surface area contributed by atoms with E-state index in [-0.39, 0.29) is 16.9 Å². The highest BCUT2D eigenvalue weighted by atomic mass is 32.2. The number of aromatic nitrogens is 1. The summed E-state index contributed by atoms with van der Waals surface area (Å²) in [5.74, 6) is -4.43. The van der Waals surface area contributed by atoms with Crippen LogP contribution in [0.2, 0.25) is 0 Å². The van der Waals surface area contributed by atoms with E-state index < -0.39 is 38.1 Å². The Morgan fingerprint density at radius 2 is 1.68 bits per heavy atom. The van der Waals surface area contributed by atoms with Crippen LogP contribution in [0.1, 0.15) is 0 Å². The number of oxazole rings is 1. The van der Waals surface area contributed by atoms with Crippen molar-refractivity contribution in [1.29, 1.82) is 0 Å². The van der Waals surface area contributed by atoms with Gasteiger partial charge in [-0.05, 0) is 30.3 Å². The Balaban J connectivity index is 2.25. The van der Waals surface area contributed by atoms with Crippen LogP contribution in [-0.4, -0.2) is 13.0 Å². The predicted octanol–water partition coefficient (Wildman–Crippen LogP) is 2.16. The summed E-state index contributed by atoms with van der Waals surface area (Å²) in [5, 5.41) is 4.77. The zero-order valence-electron chi connectivity index (χ0n) is 12.2. The Bertz CT molecular complexity index is 1110. The number of hydrogen-bond acceptors (Lipinski definition) is 4. The van der Waals surface area contributed by atoms with Gasteiger partial charge in [-0.25, -0.2) is 36.1 Å². The first-order valence-corrected chi connectivity index (χ1v) is 8.22. The van der Waals surface area contributed by atoms with Gasteiger partial charge in [0.1, 0.15) is 23.7 Å². The smallest absolute Gasteiger partial charge is 0.415 e. The second-order valence-corrected chi connectivity index (χ2v) is 6.51. The van der Waals surface area contributed by atoms with E-state index in [4.69, 9.17) is 9.56 Å². The van der Waals surface area contributed by atoms with Gasteiger partial charge in [-0.15, -0.1) is 0 Å². The van der Waals surface area contributed by atoms with Crippen LogP contribution in [0.5, 0.6) is 0 Å². The van der Waals surface area contributed by atoms with E-state index in [2.05, 4.69) is 0 Å². The molecule has 0 unspecified atom stereocenters. The molecule has 0 atom stereocenters. The van der Waals surface area contributed by atoms with Gasteiger partial charge in [0, 0.05) is 5.56 Å². The summed E-state index contributed by atoms with van der Waals surface area (Å²) in [4.78, 5) is 10.6. The molecule has 3 aromatic rings. The van der Waals surface area contributed by atoms with Crippen molar-refractivity contribution in [3.8, 4) is 16.9 Å². The van der Waals surface area contributed by atoms with Crippen molar-refractivity contribution < 1.29 is 26.0 Å². The molecule has 0 saturated carbocycles.